The van der Waals surface area contributed by atoms with Crippen LogP contribution in [0.4, 0.5) is 23.1 Å². The second-order valence-electron chi connectivity index (χ2n) is 5.58. The lowest BCUT2D eigenvalue weighted by Gasteiger charge is -2.11. The van der Waals surface area contributed by atoms with Crippen LogP contribution in [-0.2, 0) is 6.42 Å². The van der Waals surface area contributed by atoms with Gasteiger partial charge in [-0.05, 0) is 30.3 Å². The fourth-order valence-electron chi connectivity index (χ4n) is 2.63. The van der Waals surface area contributed by atoms with Crippen molar-refractivity contribution < 1.29 is 0 Å². The number of fused-ring (bicyclic) bond motifs is 3. The maximum Gasteiger partial charge on any atom is 0.227 e. The molecule has 0 aliphatic carbocycles. The molecule has 25 heavy (non-hydrogen) atoms. The Morgan fingerprint density at radius 1 is 1.16 bits per heavy atom. The topological polar surface area (TPSA) is 88.8 Å². The third-order valence-electron chi connectivity index (χ3n) is 3.77. The van der Waals surface area contributed by atoms with Crippen LogP contribution in [0, 0.1) is 0 Å². The molecule has 8 heteroatoms. The van der Waals surface area contributed by atoms with Crippen LogP contribution in [-0.4, -0.2) is 19.9 Å². The molecule has 0 saturated carbocycles. The highest BCUT2D eigenvalue weighted by atomic mass is 35.5. The Bertz CT molecular complexity index is 973. The highest BCUT2D eigenvalue weighted by Crippen LogP contribution is 2.35. The minimum Gasteiger partial charge on any atom is -0.384 e. The van der Waals surface area contributed by atoms with Crippen LogP contribution in [0.1, 0.15) is 5.56 Å². The maximum absolute atomic E-state index is 6.11. The second-order valence-corrected chi connectivity index (χ2v) is 6.51. The summed E-state index contributed by atoms with van der Waals surface area (Å²) < 4.78 is 0. The molecular weight excluding hydrogens is 356 g/mol. The van der Waals surface area contributed by atoms with Crippen LogP contribution in [0.2, 0.25) is 5.02 Å². The standard InChI is InChI=1S/C17H13ClN6S/c18-10-1-3-12-13(6-10)23-15(25)5-9-7-21-17(24-16(9)12)22-11-2-4-14(19)20-8-11/h1-4,6-8H,5H2,(H2,19,20)(H,23,25)(H,21,22,24). The van der Waals surface area contributed by atoms with Gasteiger partial charge in [0.2, 0.25) is 5.95 Å². The number of nitrogens with one attached hydrogen (secondary N) is 2. The smallest absolute Gasteiger partial charge is 0.227 e. The van der Waals surface area contributed by atoms with Gasteiger partial charge in [0.25, 0.3) is 0 Å². The van der Waals surface area contributed by atoms with Crippen LogP contribution < -0.4 is 16.4 Å². The van der Waals surface area contributed by atoms with Crippen molar-refractivity contribution in [3.8, 4) is 11.3 Å². The number of pyridine rings is 1. The molecule has 0 spiro atoms. The van der Waals surface area contributed by atoms with Crippen LogP contribution in [0.3, 0.4) is 0 Å². The van der Waals surface area contributed by atoms with Crippen molar-refractivity contribution in [3.63, 3.8) is 0 Å². The number of nitrogen functional groups attached to an aromatic ring is 1. The number of rotatable bonds is 2. The number of aromatic nitrogens is 3. The molecule has 0 amide bonds. The van der Waals surface area contributed by atoms with Gasteiger partial charge in [-0.2, -0.15) is 0 Å². The summed E-state index contributed by atoms with van der Waals surface area (Å²) in [4.78, 5) is 13.8. The average molecular weight is 369 g/mol. The van der Waals surface area contributed by atoms with Crippen molar-refractivity contribution in [3.05, 3.63) is 53.3 Å². The normalized spacial score (nSPS) is 12.6. The molecule has 0 saturated heterocycles. The summed E-state index contributed by atoms with van der Waals surface area (Å²) in [6.45, 7) is 0. The van der Waals surface area contributed by atoms with E-state index < -0.39 is 0 Å². The number of anilines is 4. The van der Waals surface area contributed by atoms with E-state index in [1.165, 1.54) is 0 Å². The van der Waals surface area contributed by atoms with Crippen LogP contribution in [0.25, 0.3) is 11.3 Å². The predicted molar refractivity (Wildman–Crippen MR) is 104 cm³/mol. The number of hydrogen-bond acceptors (Lipinski definition) is 6. The van der Waals surface area contributed by atoms with Gasteiger partial charge in [0, 0.05) is 34.5 Å². The molecule has 0 radical (unpaired) electrons. The van der Waals surface area contributed by atoms with Crippen LogP contribution >= 0.6 is 23.8 Å². The Balaban J connectivity index is 1.77. The van der Waals surface area contributed by atoms with Gasteiger partial charge in [-0.15, -0.1) is 0 Å². The summed E-state index contributed by atoms with van der Waals surface area (Å²) in [5.74, 6) is 0.929. The van der Waals surface area contributed by atoms with E-state index >= 15 is 0 Å². The Kier molecular flexibility index (Phi) is 3.95. The quantitative estimate of drug-likeness (QED) is 0.592. The molecule has 0 unspecified atom stereocenters. The molecule has 3 aromatic rings. The largest absolute Gasteiger partial charge is 0.384 e. The summed E-state index contributed by atoms with van der Waals surface area (Å²) in [5.41, 5.74) is 9.91. The van der Waals surface area contributed by atoms with E-state index in [1.807, 2.05) is 24.3 Å². The average Bonchev–Trinajstić information content (AvgIpc) is 2.71. The fourth-order valence-corrected chi connectivity index (χ4v) is 3.07. The summed E-state index contributed by atoms with van der Waals surface area (Å²) in [6, 6.07) is 9.14. The van der Waals surface area contributed by atoms with Gasteiger partial charge in [-0.3, -0.25) is 0 Å². The lowest BCUT2D eigenvalue weighted by atomic mass is 10.1. The number of nitrogens with two attached hydrogens (primary N) is 1. The molecule has 0 bridgehead atoms. The first-order valence-corrected chi connectivity index (χ1v) is 8.31. The monoisotopic (exact) mass is 368 g/mol. The first kappa shape index (κ1) is 15.7. The lowest BCUT2D eigenvalue weighted by molar-refractivity contribution is 1.12. The van der Waals surface area contributed by atoms with E-state index in [1.54, 1.807) is 18.5 Å². The summed E-state index contributed by atoms with van der Waals surface area (Å²) in [6.07, 6.45) is 3.99. The zero-order valence-corrected chi connectivity index (χ0v) is 14.5. The molecule has 6 nitrogen and oxygen atoms in total. The van der Waals surface area contributed by atoms with E-state index in [-0.39, 0.29) is 0 Å². The van der Waals surface area contributed by atoms with E-state index in [4.69, 9.17) is 29.6 Å². The first-order chi connectivity index (χ1) is 12.1. The molecule has 124 valence electrons. The summed E-state index contributed by atoms with van der Waals surface area (Å²) >= 11 is 11.5. The SMILES string of the molecule is Nc1ccc(Nc2ncc3c(n2)-c2ccc(Cl)cc2NC(=S)C3)cn1. The first-order valence-electron chi connectivity index (χ1n) is 7.53. The molecule has 0 fully saturated rings. The van der Waals surface area contributed by atoms with Gasteiger partial charge in [0.15, 0.2) is 0 Å². The molecular formula is C17H13ClN6S. The third kappa shape index (κ3) is 3.24. The molecule has 0 atom stereocenters. The Morgan fingerprint density at radius 3 is 2.84 bits per heavy atom. The highest BCUT2D eigenvalue weighted by Gasteiger charge is 2.19. The second kappa shape index (κ2) is 6.27. The molecule has 2 aromatic heterocycles. The number of hydrogen-bond donors (Lipinski definition) is 3. The van der Waals surface area contributed by atoms with Gasteiger partial charge in [0.05, 0.1) is 22.6 Å². The number of halogens is 1. The zero-order valence-electron chi connectivity index (χ0n) is 13.0. The van der Waals surface area contributed by atoms with Crippen molar-refractivity contribution in [1.29, 1.82) is 0 Å². The van der Waals surface area contributed by atoms with Gasteiger partial charge in [-0.1, -0.05) is 23.8 Å². The Labute approximate surface area is 154 Å². The number of benzene rings is 1. The molecule has 4 rings (SSSR count). The number of thiocarbonyl (C=S) groups is 1. The number of nitrogens with zero attached hydrogens (tertiary/aromatic N) is 3. The molecule has 1 aliphatic heterocycles. The zero-order chi connectivity index (χ0) is 17.4. The fraction of sp³-hybridized carbons (Fsp3) is 0.0588. The van der Waals surface area contributed by atoms with E-state index in [0.29, 0.717) is 28.2 Å². The van der Waals surface area contributed by atoms with Crippen molar-refractivity contribution in [2.75, 3.05) is 16.4 Å². The predicted octanol–water partition coefficient (Wildman–Crippen LogP) is 3.81. The van der Waals surface area contributed by atoms with Crippen LogP contribution in [0.15, 0.2) is 42.7 Å². The third-order valence-corrected chi connectivity index (χ3v) is 4.25. The molecule has 1 aliphatic rings. The lowest BCUT2D eigenvalue weighted by Crippen LogP contribution is -2.10. The molecule has 4 N–H and O–H groups in total. The van der Waals surface area contributed by atoms with Gasteiger partial charge in [-0.25, -0.2) is 15.0 Å². The van der Waals surface area contributed by atoms with Gasteiger partial charge in [0.1, 0.15) is 5.82 Å². The molecule has 3 heterocycles. The van der Waals surface area contributed by atoms with Gasteiger partial charge >= 0.3 is 0 Å². The summed E-state index contributed by atoms with van der Waals surface area (Å²) in [5, 5.41) is 6.99. The van der Waals surface area contributed by atoms with E-state index in [9.17, 15) is 0 Å². The minimum absolute atomic E-state index is 0.457. The highest BCUT2D eigenvalue weighted by molar-refractivity contribution is 7.80. The van der Waals surface area contributed by atoms with E-state index in [2.05, 4.69) is 25.6 Å². The van der Waals surface area contributed by atoms with Crippen molar-refractivity contribution in [2.24, 2.45) is 0 Å². The van der Waals surface area contributed by atoms with Crippen LogP contribution in [0.5, 0.6) is 0 Å². The van der Waals surface area contributed by atoms with Crippen molar-refractivity contribution >= 4 is 51.9 Å². The van der Waals surface area contributed by atoms with Crippen molar-refractivity contribution in [2.45, 2.75) is 6.42 Å². The van der Waals surface area contributed by atoms with E-state index in [0.717, 1.165) is 28.2 Å². The Hall–Kier alpha value is -2.77. The minimum atomic E-state index is 0.457. The molecule has 1 aromatic carbocycles. The summed E-state index contributed by atoms with van der Waals surface area (Å²) in [7, 11) is 0. The van der Waals surface area contributed by atoms with Crippen molar-refractivity contribution in [1.82, 2.24) is 15.0 Å². The maximum atomic E-state index is 6.11. The van der Waals surface area contributed by atoms with Gasteiger partial charge < -0.3 is 16.4 Å². The Morgan fingerprint density at radius 2 is 2.04 bits per heavy atom.